The second-order valence-corrected chi connectivity index (χ2v) is 6.97. The zero-order valence-corrected chi connectivity index (χ0v) is 16.1. The summed E-state index contributed by atoms with van der Waals surface area (Å²) in [6.07, 6.45) is 0. The third-order valence-corrected chi connectivity index (χ3v) is 5.31. The zero-order chi connectivity index (χ0) is 20.4. The molecule has 0 saturated carbocycles. The van der Waals surface area contributed by atoms with Gasteiger partial charge in [-0.1, -0.05) is 54.6 Å². The van der Waals surface area contributed by atoms with E-state index in [0.717, 1.165) is 11.1 Å². The van der Waals surface area contributed by atoms with Gasteiger partial charge < -0.3 is 15.1 Å². The van der Waals surface area contributed by atoms with Gasteiger partial charge in [0.15, 0.2) is 0 Å². The Labute approximate surface area is 164 Å². The van der Waals surface area contributed by atoms with E-state index in [1.165, 1.54) is 0 Å². The smallest absolute Gasteiger partial charge is 0.334 e. The summed E-state index contributed by atoms with van der Waals surface area (Å²) in [5.41, 5.74) is 3.88. The molecule has 0 aliphatic carbocycles. The van der Waals surface area contributed by atoms with Gasteiger partial charge >= 0.3 is 11.9 Å². The Morgan fingerprint density at radius 2 is 1.32 bits per heavy atom. The molecule has 1 aliphatic heterocycles. The standard InChI is InChI=1S/C23H23NO4/c1-14-9-7-8-12-18(14)21-19(22(25)26)15(2)24(16(3)20(21)23(27)28)13-17-10-5-4-6-11-17/h4-12,21H,13H2,1-3H3,(H,25,26)(H,27,28). The molecule has 0 bridgehead atoms. The van der Waals surface area contributed by atoms with Crippen LogP contribution in [0.3, 0.4) is 0 Å². The first kappa shape index (κ1) is 19.4. The van der Waals surface area contributed by atoms with Crippen LogP contribution in [0.4, 0.5) is 0 Å². The first-order valence-corrected chi connectivity index (χ1v) is 9.08. The van der Waals surface area contributed by atoms with Crippen LogP contribution in [0.1, 0.15) is 36.5 Å². The Hall–Kier alpha value is -3.34. The van der Waals surface area contributed by atoms with Crippen LogP contribution in [-0.4, -0.2) is 27.1 Å². The van der Waals surface area contributed by atoms with Crippen molar-refractivity contribution in [3.63, 3.8) is 0 Å². The van der Waals surface area contributed by atoms with Gasteiger partial charge in [-0.05, 0) is 37.5 Å². The fourth-order valence-electron chi connectivity index (χ4n) is 3.89. The highest BCUT2D eigenvalue weighted by atomic mass is 16.4. The Balaban J connectivity index is 2.22. The molecule has 3 rings (SSSR count). The minimum absolute atomic E-state index is 0.105. The van der Waals surface area contributed by atoms with E-state index < -0.39 is 17.9 Å². The van der Waals surface area contributed by atoms with E-state index in [1.807, 2.05) is 55.5 Å². The summed E-state index contributed by atoms with van der Waals surface area (Å²) in [5.74, 6) is -3.02. The highest BCUT2D eigenvalue weighted by Gasteiger charge is 2.39. The number of aryl methyl sites for hydroxylation is 1. The molecule has 0 saturated heterocycles. The number of carbonyl (C=O) groups is 2. The van der Waals surface area contributed by atoms with E-state index in [0.29, 0.717) is 23.5 Å². The molecule has 1 heterocycles. The Morgan fingerprint density at radius 3 is 1.82 bits per heavy atom. The average molecular weight is 377 g/mol. The lowest BCUT2D eigenvalue weighted by Crippen LogP contribution is -2.34. The second-order valence-electron chi connectivity index (χ2n) is 6.97. The summed E-state index contributed by atoms with van der Waals surface area (Å²) < 4.78 is 0. The van der Waals surface area contributed by atoms with Gasteiger partial charge in [0.05, 0.1) is 17.1 Å². The minimum Gasteiger partial charge on any atom is -0.478 e. The molecule has 0 radical (unpaired) electrons. The van der Waals surface area contributed by atoms with Crippen molar-refractivity contribution in [1.82, 2.24) is 4.90 Å². The number of carboxylic acid groups (broad SMARTS) is 2. The third kappa shape index (κ3) is 3.43. The molecule has 0 fully saturated rings. The highest BCUT2D eigenvalue weighted by Crippen LogP contribution is 2.43. The number of allylic oxidation sites excluding steroid dienone is 2. The van der Waals surface area contributed by atoms with Crippen molar-refractivity contribution in [2.45, 2.75) is 33.2 Å². The number of rotatable bonds is 5. The van der Waals surface area contributed by atoms with E-state index >= 15 is 0 Å². The van der Waals surface area contributed by atoms with Gasteiger partial charge in [-0.25, -0.2) is 9.59 Å². The summed E-state index contributed by atoms with van der Waals surface area (Å²) >= 11 is 0. The predicted molar refractivity (Wildman–Crippen MR) is 107 cm³/mol. The second kappa shape index (κ2) is 7.72. The molecule has 2 N–H and O–H groups in total. The van der Waals surface area contributed by atoms with Crippen LogP contribution in [0.15, 0.2) is 77.1 Å². The largest absolute Gasteiger partial charge is 0.478 e. The van der Waals surface area contributed by atoms with Gasteiger partial charge in [0.1, 0.15) is 0 Å². The predicted octanol–water partition coefficient (Wildman–Crippen LogP) is 4.31. The molecule has 2 aromatic rings. The van der Waals surface area contributed by atoms with Gasteiger partial charge in [-0.2, -0.15) is 0 Å². The minimum atomic E-state index is -1.10. The maximum atomic E-state index is 12.2. The van der Waals surface area contributed by atoms with Crippen LogP contribution in [-0.2, 0) is 16.1 Å². The fourth-order valence-corrected chi connectivity index (χ4v) is 3.89. The lowest BCUT2D eigenvalue weighted by Gasteiger charge is -2.37. The van der Waals surface area contributed by atoms with Crippen LogP contribution in [0.2, 0.25) is 0 Å². The highest BCUT2D eigenvalue weighted by molar-refractivity contribution is 5.98. The van der Waals surface area contributed by atoms with Crippen molar-refractivity contribution >= 4 is 11.9 Å². The molecule has 5 nitrogen and oxygen atoms in total. The van der Waals surface area contributed by atoms with Crippen LogP contribution in [0.25, 0.3) is 0 Å². The van der Waals surface area contributed by atoms with Gasteiger partial charge in [-0.15, -0.1) is 0 Å². The average Bonchev–Trinajstić information content (AvgIpc) is 2.65. The van der Waals surface area contributed by atoms with Crippen LogP contribution in [0.5, 0.6) is 0 Å². The van der Waals surface area contributed by atoms with Crippen molar-refractivity contribution in [3.8, 4) is 0 Å². The van der Waals surface area contributed by atoms with E-state index in [1.54, 1.807) is 24.8 Å². The van der Waals surface area contributed by atoms with Crippen molar-refractivity contribution in [1.29, 1.82) is 0 Å². The molecule has 0 unspecified atom stereocenters. The molecule has 144 valence electrons. The van der Waals surface area contributed by atoms with E-state index in [9.17, 15) is 19.8 Å². The van der Waals surface area contributed by atoms with E-state index in [2.05, 4.69) is 0 Å². The van der Waals surface area contributed by atoms with Crippen LogP contribution < -0.4 is 0 Å². The quantitative estimate of drug-likeness (QED) is 0.812. The molecular weight excluding hydrogens is 354 g/mol. The Kier molecular flexibility index (Phi) is 5.36. The molecule has 5 heteroatoms. The Bertz CT molecular complexity index is 951. The number of hydrogen-bond donors (Lipinski definition) is 2. The summed E-state index contributed by atoms with van der Waals surface area (Å²) in [5, 5.41) is 20.0. The molecule has 1 aliphatic rings. The number of aliphatic carboxylic acids is 2. The fraction of sp³-hybridized carbons (Fsp3) is 0.217. The first-order chi connectivity index (χ1) is 13.3. The lowest BCUT2D eigenvalue weighted by molar-refractivity contribution is -0.133. The van der Waals surface area contributed by atoms with Gasteiger partial charge in [-0.3, -0.25) is 0 Å². The summed E-state index contributed by atoms with van der Waals surface area (Å²) in [4.78, 5) is 26.3. The number of hydrogen-bond acceptors (Lipinski definition) is 3. The molecule has 2 aromatic carbocycles. The van der Waals surface area contributed by atoms with E-state index in [4.69, 9.17) is 0 Å². The Morgan fingerprint density at radius 1 is 0.821 bits per heavy atom. The monoisotopic (exact) mass is 377 g/mol. The molecule has 0 atom stereocenters. The summed E-state index contributed by atoms with van der Waals surface area (Å²) in [6, 6.07) is 16.9. The molecule has 0 aromatic heterocycles. The molecule has 0 spiro atoms. The lowest BCUT2D eigenvalue weighted by atomic mass is 9.78. The van der Waals surface area contributed by atoms with Crippen molar-refractivity contribution in [2.75, 3.05) is 0 Å². The molecular formula is C23H23NO4. The third-order valence-electron chi connectivity index (χ3n) is 5.31. The summed E-state index contributed by atoms with van der Waals surface area (Å²) in [6.45, 7) is 5.78. The number of nitrogens with zero attached hydrogens (tertiary/aromatic N) is 1. The SMILES string of the molecule is CC1=C(C(=O)O)C(c2ccccc2C)C(C(=O)O)=C(C)N1Cc1ccccc1. The van der Waals surface area contributed by atoms with Gasteiger partial charge in [0.2, 0.25) is 0 Å². The number of benzene rings is 2. The first-order valence-electron chi connectivity index (χ1n) is 9.08. The van der Waals surface area contributed by atoms with Crippen molar-refractivity contribution in [3.05, 3.63) is 93.8 Å². The topological polar surface area (TPSA) is 77.8 Å². The van der Waals surface area contributed by atoms with Crippen LogP contribution in [0, 0.1) is 6.92 Å². The summed E-state index contributed by atoms with van der Waals surface area (Å²) in [7, 11) is 0. The van der Waals surface area contributed by atoms with Crippen molar-refractivity contribution < 1.29 is 19.8 Å². The molecule has 0 amide bonds. The maximum Gasteiger partial charge on any atom is 0.334 e. The normalized spacial score (nSPS) is 15.2. The zero-order valence-electron chi connectivity index (χ0n) is 16.1. The van der Waals surface area contributed by atoms with Gasteiger partial charge in [0, 0.05) is 17.9 Å². The molecule has 28 heavy (non-hydrogen) atoms. The van der Waals surface area contributed by atoms with Crippen molar-refractivity contribution in [2.24, 2.45) is 0 Å². The maximum absolute atomic E-state index is 12.2. The number of carboxylic acids is 2. The van der Waals surface area contributed by atoms with Gasteiger partial charge in [0.25, 0.3) is 0 Å². The van der Waals surface area contributed by atoms with Crippen LogP contribution >= 0.6 is 0 Å². The van der Waals surface area contributed by atoms with E-state index in [-0.39, 0.29) is 11.1 Å².